The number of nitrogens with zero attached hydrogens (tertiary/aromatic N) is 1. The zero-order valence-corrected chi connectivity index (χ0v) is 17.6. The number of phenols is 1. The first-order valence-electron chi connectivity index (χ1n) is 9.38. The Morgan fingerprint density at radius 1 is 1.03 bits per heavy atom. The summed E-state index contributed by atoms with van der Waals surface area (Å²) >= 11 is 0. The van der Waals surface area contributed by atoms with Crippen LogP contribution in [0.4, 0.5) is 4.79 Å². The zero-order valence-electron chi connectivity index (χ0n) is 16.8. The summed E-state index contributed by atoms with van der Waals surface area (Å²) in [6, 6.07) is 6.30. The van der Waals surface area contributed by atoms with E-state index in [0.29, 0.717) is 28.9 Å². The van der Waals surface area contributed by atoms with E-state index in [-0.39, 0.29) is 23.7 Å². The van der Waals surface area contributed by atoms with Gasteiger partial charge in [-0.15, -0.1) is 0 Å². The number of phenolic OH excluding ortho intramolecular Hbond substituents is 1. The molecule has 1 atom stereocenters. The van der Waals surface area contributed by atoms with Crippen molar-refractivity contribution in [2.75, 3.05) is 6.61 Å². The van der Waals surface area contributed by atoms with Crippen LogP contribution in [0.5, 0.6) is 11.5 Å². The van der Waals surface area contributed by atoms with Gasteiger partial charge in [-0.1, -0.05) is 17.7 Å². The second-order valence-electron chi connectivity index (χ2n) is 7.72. The van der Waals surface area contributed by atoms with Crippen molar-refractivity contribution in [3.63, 3.8) is 0 Å². The number of carbonyl (C=O) groups is 1. The van der Waals surface area contributed by atoms with Gasteiger partial charge < -0.3 is 14.6 Å². The van der Waals surface area contributed by atoms with Crippen molar-refractivity contribution in [3.05, 3.63) is 52.1 Å². The monoisotopic (exact) mass is 417 g/mol. The second kappa shape index (κ2) is 6.38. The quantitative estimate of drug-likeness (QED) is 0.804. The fourth-order valence-corrected chi connectivity index (χ4v) is 5.56. The van der Waals surface area contributed by atoms with Gasteiger partial charge in [-0.2, -0.15) is 4.31 Å². The van der Waals surface area contributed by atoms with Crippen molar-refractivity contribution in [2.24, 2.45) is 0 Å². The second-order valence-corrected chi connectivity index (χ2v) is 9.50. The van der Waals surface area contributed by atoms with Crippen LogP contribution in [-0.4, -0.2) is 36.3 Å². The summed E-state index contributed by atoms with van der Waals surface area (Å²) in [6.07, 6.45) is -0.259. The summed E-state index contributed by atoms with van der Waals surface area (Å²) in [7, 11) is -4.17. The third-order valence-electron chi connectivity index (χ3n) is 5.91. The standard InChI is InChI=1S/C21H23NO6S/c1-12-5-7-16(8-6-12)29(25,26)22-20(24)27-11-21(22)10-9-17-15(4)18(23)13(2)14(3)19(17)28-21/h5-8,23H,9-11H2,1-4H3. The normalized spacial score (nSPS) is 21.1. The van der Waals surface area contributed by atoms with Gasteiger partial charge in [0.2, 0.25) is 5.72 Å². The minimum absolute atomic E-state index is 0.00510. The highest BCUT2D eigenvalue weighted by Crippen LogP contribution is 2.47. The highest BCUT2D eigenvalue weighted by Gasteiger charge is 2.58. The molecule has 0 aromatic heterocycles. The molecule has 1 amide bonds. The summed E-state index contributed by atoms with van der Waals surface area (Å²) in [5, 5.41) is 10.4. The molecule has 1 saturated heterocycles. The molecule has 2 aromatic rings. The molecule has 1 N–H and O–H groups in total. The average Bonchev–Trinajstić information content (AvgIpc) is 3.01. The largest absolute Gasteiger partial charge is 0.507 e. The van der Waals surface area contributed by atoms with E-state index in [0.717, 1.165) is 15.4 Å². The zero-order chi connectivity index (χ0) is 21.1. The Hall–Kier alpha value is -2.74. The summed E-state index contributed by atoms with van der Waals surface area (Å²) in [5.74, 6) is 0.718. The van der Waals surface area contributed by atoms with Crippen LogP contribution in [0.2, 0.25) is 0 Å². The van der Waals surface area contributed by atoms with E-state index in [1.165, 1.54) is 12.1 Å². The van der Waals surface area contributed by atoms with Gasteiger partial charge in [0.15, 0.2) is 6.61 Å². The van der Waals surface area contributed by atoms with Gasteiger partial charge in [-0.25, -0.2) is 13.2 Å². The maximum absolute atomic E-state index is 13.3. The average molecular weight is 417 g/mol. The number of rotatable bonds is 2. The maximum atomic E-state index is 13.3. The van der Waals surface area contributed by atoms with Crippen molar-refractivity contribution < 1.29 is 27.8 Å². The van der Waals surface area contributed by atoms with Gasteiger partial charge in [-0.05, 0) is 62.9 Å². The van der Waals surface area contributed by atoms with Crippen molar-refractivity contribution in [3.8, 4) is 11.5 Å². The molecule has 7 nitrogen and oxygen atoms in total. The molecular weight excluding hydrogens is 394 g/mol. The molecule has 4 rings (SSSR count). The Morgan fingerprint density at radius 3 is 2.34 bits per heavy atom. The van der Waals surface area contributed by atoms with Crippen LogP contribution < -0.4 is 4.74 Å². The number of benzene rings is 2. The molecule has 1 unspecified atom stereocenters. The highest BCUT2D eigenvalue weighted by molar-refractivity contribution is 7.89. The molecule has 2 heterocycles. The van der Waals surface area contributed by atoms with Crippen molar-refractivity contribution >= 4 is 16.1 Å². The van der Waals surface area contributed by atoms with Gasteiger partial charge >= 0.3 is 6.09 Å². The SMILES string of the molecule is Cc1ccc(S(=O)(=O)N2C(=O)OCC23CCc2c(C)c(O)c(C)c(C)c2O3)cc1. The van der Waals surface area contributed by atoms with Gasteiger partial charge in [0, 0.05) is 12.0 Å². The lowest BCUT2D eigenvalue weighted by atomic mass is 9.90. The molecule has 2 aliphatic rings. The molecule has 0 radical (unpaired) electrons. The Labute approximate surface area is 169 Å². The lowest BCUT2D eigenvalue weighted by Gasteiger charge is -2.39. The number of hydrogen-bond acceptors (Lipinski definition) is 6. The van der Waals surface area contributed by atoms with Crippen LogP contribution in [0.3, 0.4) is 0 Å². The predicted molar refractivity (Wildman–Crippen MR) is 106 cm³/mol. The van der Waals surface area contributed by atoms with Gasteiger partial charge in [0.25, 0.3) is 10.0 Å². The molecule has 1 spiro atoms. The van der Waals surface area contributed by atoms with E-state index in [2.05, 4.69) is 0 Å². The first kappa shape index (κ1) is 19.6. The first-order chi connectivity index (χ1) is 13.6. The van der Waals surface area contributed by atoms with Crippen LogP contribution >= 0.6 is 0 Å². The number of aromatic hydroxyl groups is 1. The number of hydrogen-bond donors (Lipinski definition) is 1. The molecule has 1 fully saturated rings. The summed E-state index contributed by atoms with van der Waals surface area (Å²) in [5.41, 5.74) is 2.37. The Kier molecular flexibility index (Phi) is 4.31. The van der Waals surface area contributed by atoms with Crippen molar-refractivity contribution in [1.82, 2.24) is 4.31 Å². The van der Waals surface area contributed by atoms with E-state index >= 15 is 0 Å². The molecule has 0 saturated carbocycles. The minimum Gasteiger partial charge on any atom is -0.507 e. The van der Waals surface area contributed by atoms with Crippen LogP contribution in [0.1, 0.15) is 34.2 Å². The topological polar surface area (TPSA) is 93.1 Å². The molecule has 2 aliphatic heterocycles. The van der Waals surface area contributed by atoms with E-state index < -0.39 is 21.8 Å². The molecule has 2 aromatic carbocycles. The number of cyclic esters (lactones) is 1. The first-order valence-corrected chi connectivity index (χ1v) is 10.8. The van der Waals surface area contributed by atoms with Crippen LogP contribution in [0.25, 0.3) is 0 Å². The van der Waals surface area contributed by atoms with E-state index in [1.807, 2.05) is 13.8 Å². The van der Waals surface area contributed by atoms with E-state index in [4.69, 9.17) is 9.47 Å². The lowest BCUT2D eigenvalue weighted by molar-refractivity contribution is -0.0202. The number of amides is 1. The number of sulfonamides is 1. The van der Waals surface area contributed by atoms with E-state index in [9.17, 15) is 18.3 Å². The molecular formula is C21H23NO6S. The van der Waals surface area contributed by atoms with Crippen molar-refractivity contribution in [2.45, 2.75) is 51.2 Å². The molecule has 0 bridgehead atoms. The molecule has 8 heteroatoms. The van der Waals surface area contributed by atoms with Gasteiger partial charge in [0.1, 0.15) is 11.5 Å². The van der Waals surface area contributed by atoms with Crippen LogP contribution in [0.15, 0.2) is 29.2 Å². The van der Waals surface area contributed by atoms with Gasteiger partial charge in [0.05, 0.1) is 4.90 Å². The molecule has 0 aliphatic carbocycles. The smallest absolute Gasteiger partial charge is 0.427 e. The molecule has 29 heavy (non-hydrogen) atoms. The van der Waals surface area contributed by atoms with Crippen LogP contribution in [-0.2, 0) is 21.2 Å². The van der Waals surface area contributed by atoms with Crippen molar-refractivity contribution in [1.29, 1.82) is 0 Å². The fraction of sp³-hybridized carbons (Fsp3) is 0.381. The lowest BCUT2D eigenvalue weighted by Crippen LogP contribution is -2.56. The Balaban J connectivity index is 1.83. The van der Waals surface area contributed by atoms with E-state index in [1.54, 1.807) is 26.0 Å². The number of ether oxygens (including phenoxy) is 2. The number of carbonyl (C=O) groups excluding carboxylic acids is 1. The Morgan fingerprint density at radius 2 is 1.69 bits per heavy atom. The molecule has 154 valence electrons. The summed E-state index contributed by atoms with van der Waals surface area (Å²) in [6.45, 7) is 7.06. The summed E-state index contributed by atoms with van der Waals surface area (Å²) in [4.78, 5) is 12.5. The number of fused-ring (bicyclic) bond motifs is 1. The maximum Gasteiger partial charge on any atom is 0.427 e. The highest BCUT2D eigenvalue weighted by atomic mass is 32.2. The fourth-order valence-electron chi connectivity index (χ4n) is 4.00. The number of aryl methyl sites for hydroxylation is 1. The van der Waals surface area contributed by atoms with Gasteiger partial charge in [-0.3, -0.25) is 0 Å². The third kappa shape index (κ3) is 2.77. The predicted octanol–water partition coefficient (Wildman–Crippen LogP) is 3.49. The third-order valence-corrected chi connectivity index (χ3v) is 7.74. The Bertz CT molecular complexity index is 1120. The minimum atomic E-state index is -4.17. The summed E-state index contributed by atoms with van der Waals surface area (Å²) < 4.78 is 38.8. The van der Waals surface area contributed by atoms with Crippen LogP contribution in [0, 0.1) is 27.7 Å².